The van der Waals surface area contributed by atoms with Gasteiger partial charge < -0.3 is 20.5 Å². The Bertz CT molecular complexity index is 983. The fraction of sp³-hybridized carbons (Fsp3) is 0.400. The largest absolute Gasteiger partial charge is 0.480 e. The average Bonchev–Trinajstić information content (AvgIpc) is 3.40. The van der Waals surface area contributed by atoms with Crippen molar-refractivity contribution < 1.29 is 24.2 Å². The molecule has 0 aromatic heterocycles. The van der Waals surface area contributed by atoms with Gasteiger partial charge in [-0.2, -0.15) is 0 Å². The first-order valence-corrected chi connectivity index (χ1v) is 11.1. The molecule has 0 radical (unpaired) electrons. The highest BCUT2D eigenvalue weighted by atomic mass is 16.5. The molecule has 7 heteroatoms. The van der Waals surface area contributed by atoms with Gasteiger partial charge in [-0.25, -0.2) is 9.59 Å². The Morgan fingerprint density at radius 1 is 1.03 bits per heavy atom. The molecule has 0 heterocycles. The minimum absolute atomic E-state index is 0.0733. The van der Waals surface area contributed by atoms with E-state index in [4.69, 9.17) is 4.74 Å². The Kier molecular flexibility index (Phi) is 6.17. The van der Waals surface area contributed by atoms with Gasteiger partial charge in [0, 0.05) is 5.92 Å². The average molecular weight is 437 g/mol. The van der Waals surface area contributed by atoms with E-state index in [0.29, 0.717) is 19.3 Å². The molecule has 2 aromatic carbocycles. The summed E-state index contributed by atoms with van der Waals surface area (Å²) in [6, 6.07) is 15.3. The van der Waals surface area contributed by atoms with Crippen LogP contribution in [0.15, 0.2) is 48.5 Å². The molecule has 168 valence electrons. The standard InChI is InChI=1S/C25H28N2O5/c1-2-21(22(28)27-25(23(29)30)13-7-8-14-25)26-24(31)32-15-20-18-11-5-3-9-16(18)17-10-4-6-12-19(17)20/h3-6,9-12,20-21H,2,7-8,13-15H2,1H3,(H,26,31)(H,27,28)(H,29,30)/t21-/m0/s1. The number of carbonyl (C=O) groups is 3. The van der Waals surface area contributed by atoms with Crippen molar-refractivity contribution in [3.05, 3.63) is 59.7 Å². The second kappa shape index (κ2) is 9.02. The SMILES string of the molecule is CC[C@H](NC(=O)OCC1c2ccccc2-c2ccccc21)C(=O)NC1(C(=O)O)CCCC1. The van der Waals surface area contributed by atoms with Gasteiger partial charge in [-0.3, -0.25) is 4.79 Å². The molecule has 1 saturated carbocycles. The monoisotopic (exact) mass is 436 g/mol. The van der Waals surface area contributed by atoms with Gasteiger partial charge in [0.05, 0.1) is 0 Å². The zero-order valence-electron chi connectivity index (χ0n) is 18.1. The van der Waals surface area contributed by atoms with Crippen molar-refractivity contribution in [2.24, 2.45) is 0 Å². The molecule has 7 nitrogen and oxygen atoms in total. The first-order chi connectivity index (χ1) is 15.4. The van der Waals surface area contributed by atoms with Crippen molar-refractivity contribution in [3.8, 4) is 11.1 Å². The summed E-state index contributed by atoms with van der Waals surface area (Å²) in [7, 11) is 0. The third kappa shape index (κ3) is 4.07. The molecule has 0 spiro atoms. The fourth-order valence-corrected chi connectivity index (χ4v) is 4.83. The topological polar surface area (TPSA) is 105 Å². The van der Waals surface area contributed by atoms with E-state index in [-0.39, 0.29) is 12.5 Å². The lowest BCUT2D eigenvalue weighted by Gasteiger charge is -2.28. The number of amides is 2. The van der Waals surface area contributed by atoms with E-state index in [9.17, 15) is 19.5 Å². The summed E-state index contributed by atoms with van der Waals surface area (Å²) in [6.45, 7) is 1.91. The molecule has 0 bridgehead atoms. The highest BCUT2D eigenvalue weighted by Crippen LogP contribution is 2.44. The molecule has 2 aliphatic rings. The van der Waals surface area contributed by atoms with E-state index >= 15 is 0 Å². The van der Waals surface area contributed by atoms with Crippen molar-refractivity contribution in [1.82, 2.24) is 10.6 Å². The third-order valence-electron chi connectivity index (χ3n) is 6.59. The Morgan fingerprint density at radius 3 is 2.12 bits per heavy atom. The van der Waals surface area contributed by atoms with Crippen molar-refractivity contribution in [2.45, 2.75) is 56.5 Å². The summed E-state index contributed by atoms with van der Waals surface area (Å²) in [5.41, 5.74) is 3.25. The molecule has 2 aromatic rings. The minimum atomic E-state index is -1.24. The lowest BCUT2D eigenvalue weighted by atomic mass is 9.97. The van der Waals surface area contributed by atoms with Gasteiger partial charge in [0.15, 0.2) is 0 Å². The van der Waals surface area contributed by atoms with Gasteiger partial charge in [0.2, 0.25) is 5.91 Å². The molecule has 0 saturated heterocycles. The summed E-state index contributed by atoms with van der Waals surface area (Å²) < 4.78 is 5.52. The number of benzene rings is 2. The summed E-state index contributed by atoms with van der Waals surface area (Å²) in [5.74, 6) is -1.60. The maximum absolute atomic E-state index is 12.7. The molecular formula is C25H28N2O5. The van der Waals surface area contributed by atoms with Gasteiger partial charge in [-0.1, -0.05) is 68.3 Å². The van der Waals surface area contributed by atoms with Crippen molar-refractivity contribution in [2.75, 3.05) is 6.61 Å². The fourth-order valence-electron chi connectivity index (χ4n) is 4.83. The van der Waals surface area contributed by atoms with E-state index in [1.54, 1.807) is 6.92 Å². The number of hydrogen-bond acceptors (Lipinski definition) is 4. The predicted octanol–water partition coefficient (Wildman–Crippen LogP) is 3.82. The van der Waals surface area contributed by atoms with E-state index in [1.165, 1.54) is 0 Å². The number of carbonyl (C=O) groups excluding carboxylic acids is 2. The highest BCUT2D eigenvalue weighted by Gasteiger charge is 2.43. The van der Waals surface area contributed by atoms with E-state index in [2.05, 4.69) is 22.8 Å². The van der Waals surface area contributed by atoms with Crippen LogP contribution in [0.5, 0.6) is 0 Å². The first-order valence-electron chi connectivity index (χ1n) is 11.1. The zero-order valence-corrected chi connectivity index (χ0v) is 18.1. The molecular weight excluding hydrogens is 408 g/mol. The molecule has 0 unspecified atom stereocenters. The number of carboxylic acid groups (broad SMARTS) is 1. The van der Waals surface area contributed by atoms with Crippen LogP contribution in [0.1, 0.15) is 56.1 Å². The Balaban J connectivity index is 1.39. The number of carboxylic acids is 1. The Hall–Kier alpha value is -3.35. The molecule has 1 atom stereocenters. The van der Waals surface area contributed by atoms with Crippen molar-refractivity contribution in [3.63, 3.8) is 0 Å². The zero-order chi connectivity index (χ0) is 22.7. The number of rotatable bonds is 7. The normalized spacial score (nSPS) is 17.2. The second-order valence-corrected chi connectivity index (χ2v) is 8.51. The van der Waals surface area contributed by atoms with Crippen LogP contribution in [0.2, 0.25) is 0 Å². The maximum atomic E-state index is 12.7. The molecule has 0 aliphatic heterocycles. The second-order valence-electron chi connectivity index (χ2n) is 8.51. The van der Waals surface area contributed by atoms with Crippen LogP contribution in [-0.2, 0) is 14.3 Å². The van der Waals surface area contributed by atoms with Crippen LogP contribution < -0.4 is 10.6 Å². The van der Waals surface area contributed by atoms with E-state index in [1.807, 2.05) is 36.4 Å². The smallest absolute Gasteiger partial charge is 0.407 e. The van der Waals surface area contributed by atoms with Gasteiger partial charge in [-0.15, -0.1) is 0 Å². The molecule has 2 amide bonds. The number of aliphatic carboxylic acids is 1. The van der Waals surface area contributed by atoms with Crippen LogP contribution in [0.4, 0.5) is 4.79 Å². The maximum Gasteiger partial charge on any atom is 0.407 e. The number of nitrogens with one attached hydrogen (secondary N) is 2. The number of alkyl carbamates (subject to hydrolysis) is 1. The highest BCUT2D eigenvalue weighted by molar-refractivity contribution is 5.91. The third-order valence-corrected chi connectivity index (χ3v) is 6.59. The lowest BCUT2D eigenvalue weighted by molar-refractivity contribution is -0.147. The summed E-state index contributed by atoms with van der Waals surface area (Å²) in [5, 5.41) is 14.9. The van der Waals surface area contributed by atoms with Crippen LogP contribution in [0.3, 0.4) is 0 Å². The Morgan fingerprint density at radius 2 is 1.59 bits per heavy atom. The van der Waals surface area contributed by atoms with Crippen LogP contribution in [-0.4, -0.2) is 41.3 Å². The van der Waals surface area contributed by atoms with Crippen molar-refractivity contribution in [1.29, 1.82) is 0 Å². The molecule has 3 N–H and O–H groups in total. The van der Waals surface area contributed by atoms with Crippen LogP contribution in [0, 0.1) is 0 Å². The van der Waals surface area contributed by atoms with Gasteiger partial charge >= 0.3 is 12.1 Å². The van der Waals surface area contributed by atoms with E-state index in [0.717, 1.165) is 35.1 Å². The van der Waals surface area contributed by atoms with Crippen LogP contribution in [0.25, 0.3) is 11.1 Å². The molecule has 32 heavy (non-hydrogen) atoms. The first kappa shape index (κ1) is 21.9. The molecule has 1 fully saturated rings. The number of fused-ring (bicyclic) bond motifs is 3. The van der Waals surface area contributed by atoms with Crippen LogP contribution >= 0.6 is 0 Å². The number of hydrogen-bond donors (Lipinski definition) is 3. The summed E-state index contributed by atoms with van der Waals surface area (Å²) >= 11 is 0. The lowest BCUT2D eigenvalue weighted by Crippen LogP contribution is -2.58. The Labute approximate surface area is 187 Å². The number of ether oxygens (including phenoxy) is 1. The van der Waals surface area contributed by atoms with Gasteiger partial charge in [-0.05, 0) is 41.5 Å². The van der Waals surface area contributed by atoms with Gasteiger partial charge in [0.25, 0.3) is 0 Å². The molecule has 4 rings (SSSR count). The van der Waals surface area contributed by atoms with Gasteiger partial charge in [0.1, 0.15) is 18.2 Å². The summed E-state index contributed by atoms with van der Waals surface area (Å²) in [4.78, 5) is 37.0. The quantitative estimate of drug-likeness (QED) is 0.612. The van der Waals surface area contributed by atoms with E-state index < -0.39 is 29.6 Å². The summed E-state index contributed by atoms with van der Waals surface area (Å²) in [6.07, 6.45) is 1.94. The molecule has 2 aliphatic carbocycles. The predicted molar refractivity (Wildman–Crippen MR) is 119 cm³/mol. The van der Waals surface area contributed by atoms with Crippen molar-refractivity contribution >= 4 is 18.0 Å². The minimum Gasteiger partial charge on any atom is -0.480 e.